The van der Waals surface area contributed by atoms with Crippen LogP contribution in [-0.2, 0) is 16.1 Å². The standard InChI is InChI=1S/C14H20N4O2/c1-2-17-9-10(8-15-17)16-12-7-13(19)18(14(12)20)11-5-3-4-6-11/h8-9,11-12,16H,2-7H2,1H3. The molecule has 0 radical (unpaired) electrons. The van der Waals surface area contributed by atoms with Crippen molar-refractivity contribution in [1.82, 2.24) is 14.7 Å². The largest absolute Gasteiger partial charge is 0.371 e. The summed E-state index contributed by atoms with van der Waals surface area (Å²) in [6, 6.07) is -0.308. The van der Waals surface area contributed by atoms with Crippen LogP contribution in [0, 0.1) is 0 Å². The van der Waals surface area contributed by atoms with Crippen molar-refractivity contribution in [1.29, 1.82) is 0 Å². The van der Waals surface area contributed by atoms with Crippen molar-refractivity contribution in [3.8, 4) is 0 Å². The van der Waals surface area contributed by atoms with Crippen molar-refractivity contribution in [2.45, 2.75) is 57.7 Å². The van der Waals surface area contributed by atoms with Gasteiger partial charge >= 0.3 is 0 Å². The number of nitrogens with zero attached hydrogens (tertiary/aromatic N) is 3. The lowest BCUT2D eigenvalue weighted by molar-refractivity contribution is -0.141. The van der Waals surface area contributed by atoms with Gasteiger partial charge in [0.1, 0.15) is 6.04 Å². The van der Waals surface area contributed by atoms with Gasteiger partial charge < -0.3 is 5.32 Å². The van der Waals surface area contributed by atoms with Crippen molar-refractivity contribution < 1.29 is 9.59 Å². The van der Waals surface area contributed by atoms with Crippen LogP contribution in [0.15, 0.2) is 12.4 Å². The van der Waals surface area contributed by atoms with Gasteiger partial charge in [-0.3, -0.25) is 19.2 Å². The van der Waals surface area contributed by atoms with Crippen LogP contribution in [0.1, 0.15) is 39.0 Å². The Morgan fingerprint density at radius 3 is 2.75 bits per heavy atom. The molecule has 6 nitrogen and oxygen atoms in total. The van der Waals surface area contributed by atoms with Crippen LogP contribution >= 0.6 is 0 Å². The van der Waals surface area contributed by atoms with Gasteiger partial charge in [0.15, 0.2) is 0 Å². The molecule has 0 spiro atoms. The van der Waals surface area contributed by atoms with E-state index < -0.39 is 6.04 Å². The molecule has 108 valence electrons. The molecular formula is C14H20N4O2. The molecule has 1 aromatic rings. The molecule has 1 saturated heterocycles. The van der Waals surface area contributed by atoms with Gasteiger partial charge in [-0.1, -0.05) is 12.8 Å². The molecule has 3 rings (SSSR count). The van der Waals surface area contributed by atoms with Crippen LogP contribution in [0.2, 0.25) is 0 Å². The third kappa shape index (κ3) is 2.30. The molecule has 2 aliphatic rings. The van der Waals surface area contributed by atoms with E-state index >= 15 is 0 Å². The molecule has 20 heavy (non-hydrogen) atoms. The smallest absolute Gasteiger partial charge is 0.252 e. The number of aromatic nitrogens is 2. The molecule has 1 aromatic heterocycles. The summed E-state index contributed by atoms with van der Waals surface area (Å²) in [5.74, 6) is -0.117. The molecule has 2 heterocycles. The van der Waals surface area contributed by atoms with Crippen LogP contribution in [0.3, 0.4) is 0 Å². The summed E-state index contributed by atoms with van der Waals surface area (Å²) in [6.07, 6.45) is 7.95. The summed E-state index contributed by atoms with van der Waals surface area (Å²) in [7, 11) is 0. The highest BCUT2D eigenvalue weighted by Gasteiger charge is 2.43. The van der Waals surface area contributed by atoms with Crippen molar-refractivity contribution in [2.75, 3.05) is 5.32 Å². The molecule has 6 heteroatoms. The molecule has 1 unspecified atom stereocenters. The highest BCUT2D eigenvalue weighted by molar-refractivity contribution is 6.07. The fourth-order valence-corrected chi connectivity index (χ4v) is 3.12. The Kier molecular flexibility index (Phi) is 3.46. The fourth-order valence-electron chi connectivity index (χ4n) is 3.12. The molecule has 1 aliphatic heterocycles. The van der Waals surface area contributed by atoms with Crippen LogP contribution in [0.25, 0.3) is 0 Å². The van der Waals surface area contributed by atoms with Crippen molar-refractivity contribution >= 4 is 17.5 Å². The summed E-state index contributed by atoms with van der Waals surface area (Å²) in [6.45, 7) is 2.79. The normalized spacial score (nSPS) is 23.9. The number of anilines is 1. The number of carbonyl (C=O) groups excluding carboxylic acids is 2. The number of hydrogen-bond acceptors (Lipinski definition) is 4. The monoisotopic (exact) mass is 276 g/mol. The third-order valence-electron chi connectivity index (χ3n) is 4.17. The first-order valence-electron chi connectivity index (χ1n) is 7.34. The zero-order valence-electron chi connectivity index (χ0n) is 11.7. The van der Waals surface area contributed by atoms with E-state index in [1.165, 1.54) is 4.90 Å². The van der Waals surface area contributed by atoms with E-state index in [1.54, 1.807) is 10.9 Å². The Bertz CT molecular complexity index is 519. The van der Waals surface area contributed by atoms with Gasteiger partial charge in [0.05, 0.1) is 18.3 Å². The molecule has 2 amide bonds. The Balaban J connectivity index is 1.69. The number of carbonyl (C=O) groups is 2. The van der Waals surface area contributed by atoms with Crippen molar-refractivity contribution in [3.05, 3.63) is 12.4 Å². The zero-order valence-corrected chi connectivity index (χ0v) is 11.7. The van der Waals surface area contributed by atoms with E-state index in [-0.39, 0.29) is 24.3 Å². The maximum atomic E-state index is 12.4. The second-order valence-electron chi connectivity index (χ2n) is 5.53. The van der Waals surface area contributed by atoms with Gasteiger partial charge in [-0.25, -0.2) is 0 Å². The quantitative estimate of drug-likeness (QED) is 0.844. The molecule has 1 N–H and O–H groups in total. The van der Waals surface area contributed by atoms with E-state index in [2.05, 4.69) is 10.4 Å². The molecule has 1 atom stereocenters. The summed E-state index contributed by atoms with van der Waals surface area (Å²) >= 11 is 0. The van der Waals surface area contributed by atoms with E-state index in [9.17, 15) is 9.59 Å². The van der Waals surface area contributed by atoms with Gasteiger partial charge in [0, 0.05) is 18.8 Å². The summed E-state index contributed by atoms with van der Waals surface area (Å²) < 4.78 is 1.79. The average molecular weight is 276 g/mol. The van der Waals surface area contributed by atoms with Crippen LogP contribution in [-0.4, -0.2) is 38.6 Å². The highest BCUT2D eigenvalue weighted by Crippen LogP contribution is 2.29. The number of imide groups is 1. The number of rotatable bonds is 4. The average Bonchev–Trinajstić information content (AvgIpc) is 3.13. The number of amides is 2. The van der Waals surface area contributed by atoms with Gasteiger partial charge in [-0.15, -0.1) is 0 Å². The maximum Gasteiger partial charge on any atom is 0.252 e. The second-order valence-corrected chi connectivity index (χ2v) is 5.53. The van der Waals surface area contributed by atoms with E-state index in [4.69, 9.17) is 0 Å². The molecule has 0 bridgehead atoms. The minimum Gasteiger partial charge on any atom is -0.371 e. The van der Waals surface area contributed by atoms with E-state index in [0.29, 0.717) is 0 Å². The Labute approximate surface area is 118 Å². The Morgan fingerprint density at radius 2 is 2.10 bits per heavy atom. The number of aryl methyl sites for hydroxylation is 1. The summed E-state index contributed by atoms with van der Waals surface area (Å²) in [4.78, 5) is 26.0. The molecule has 1 saturated carbocycles. The van der Waals surface area contributed by atoms with Gasteiger partial charge in [0.25, 0.3) is 5.91 Å². The minimum absolute atomic E-state index is 0.0396. The van der Waals surface area contributed by atoms with Crippen LogP contribution < -0.4 is 5.32 Å². The molecule has 0 aromatic carbocycles. The van der Waals surface area contributed by atoms with Crippen molar-refractivity contribution in [3.63, 3.8) is 0 Å². The first kappa shape index (κ1) is 13.1. The summed E-state index contributed by atoms with van der Waals surface area (Å²) in [5.41, 5.74) is 0.797. The zero-order chi connectivity index (χ0) is 14.1. The lowest BCUT2D eigenvalue weighted by Gasteiger charge is -2.22. The predicted octanol–water partition coefficient (Wildman–Crippen LogP) is 1.38. The van der Waals surface area contributed by atoms with Crippen LogP contribution in [0.4, 0.5) is 5.69 Å². The summed E-state index contributed by atoms with van der Waals surface area (Å²) in [5, 5.41) is 7.30. The van der Waals surface area contributed by atoms with Gasteiger partial charge in [-0.2, -0.15) is 5.10 Å². The van der Waals surface area contributed by atoms with E-state index in [0.717, 1.165) is 37.9 Å². The first-order chi connectivity index (χ1) is 9.69. The van der Waals surface area contributed by atoms with Crippen molar-refractivity contribution in [2.24, 2.45) is 0 Å². The van der Waals surface area contributed by atoms with Crippen LogP contribution in [0.5, 0.6) is 0 Å². The third-order valence-corrected chi connectivity index (χ3v) is 4.17. The van der Waals surface area contributed by atoms with Gasteiger partial charge in [-0.05, 0) is 19.8 Å². The molecular weight excluding hydrogens is 256 g/mol. The van der Waals surface area contributed by atoms with Gasteiger partial charge in [0.2, 0.25) is 5.91 Å². The number of likely N-dealkylation sites (tertiary alicyclic amines) is 1. The lowest BCUT2D eigenvalue weighted by atomic mass is 10.2. The molecule has 1 aliphatic carbocycles. The predicted molar refractivity (Wildman–Crippen MR) is 74.0 cm³/mol. The molecule has 2 fully saturated rings. The SMILES string of the molecule is CCn1cc(NC2CC(=O)N(C3CCCC3)C2=O)cn1. The minimum atomic E-state index is -0.433. The highest BCUT2D eigenvalue weighted by atomic mass is 16.2. The van der Waals surface area contributed by atoms with E-state index in [1.807, 2.05) is 13.1 Å². The Morgan fingerprint density at radius 1 is 1.35 bits per heavy atom. The Hall–Kier alpha value is -1.85. The number of hydrogen-bond donors (Lipinski definition) is 1. The fraction of sp³-hybridized carbons (Fsp3) is 0.643. The topological polar surface area (TPSA) is 67.2 Å². The second kappa shape index (κ2) is 5.26. The lowest BCUT2D eigenvalue weighted by Crippen LogP contribution is -2.40. The first-order valence-corrected chi connectivity index (χ1v) is 7.34. The maximum absolute atomic E-state index is 12.4. The number of nitrogens with one attached hydrogen (secondary N) is 1.